The van der Waals surface area contributed by atoms with E-state index in [0.29, 0.717) is 0 Å². The third kappa shape index (κ3) is 4.61. The van der Waals surface area contributed by atoms with E-state index >= 15 is 0 Å². The second kappa shape index (κ2) is 10.7. The first-order valence-corrected chi connectivity index (χ1v) is 12.8. The van der Waals surface area contributed by atoms with E-state index in [9.17, 15) is 5.11 Å². The summed E-state index contributed by atoms with van der Waals surface area (Å²) in [6, 6.07) is 32.6. The van der Waals surface area contributed by atoms with Gasteiger partial charge in [0.05, 0.1) is 11.6 Å². The van der Waals surface area contributed by atoms with Gasteiger partial charge in [-0.3, -0.25) is 9.80 Å². The number of aliphatic hydroxyl groups is 1. The van der Waals surface area contributed by atoms with Crippen LogP contribution in [-0.4, -0.2) is 53.7 Å². The molecule has 2 saturated heterocycles. The summed E-state index contributed by atoms with van der Waals surface area (Å²) >= 11 is 0. The van der Waals surface area contributed by atoms with Crippen molar-refractivity contribution in [1.29, 1.82) is 0 Å². The number of hydrogen-bond acceptors (Lipinski definition) is 3. The van der Waals surface area contributed by atoms with Gasteiger partial charge in [-0.05, 0) is 54.6 Å². The molecule has 2 aliphatic heterocycles. The van der Waals surface area contributed by atoms with Crippen LogP contribution >= 0.6 is 0 Å². The van der Waals surface area contributed by atoms with Crippen molar-refractivity contribution >= 4 is 0 Å². The molecule has 176 valence electrons. The summed E-state index contributed by atoms with van der Waals surface area (Å²) in [5.41, 5.74) is 4.52. The first-order valence-electron chi connectivity index (χ1n) is 12.8. The maximum atomic E-state index is 11.0. The molecule has 1 unspecified atom stereocenters. The molecule has 1 N–H and O–H groups in total. The van der Waals surface area contributed by atoms with Gasteiger partial charge in [-0.1, -0.05) is 103 Å². The molecule has 0 amide bonds. The summed E-state index contributed by atoms with van der Waals surface area (Å²) < 4.78 is 0. The van der Waals surface area contributed by atoms with E-state index in [2.05, 4.69) is 107 Å². The minimum absolute atomic E-state index is 0.360. The summed E-state index contributed by atoms with van der Waals surface area (Å²) in [7, 11) is 0. The zero-order valence-corrected chi connectivity index (χ0v) is 20.0. The molecule has 1 atom stereocenters. The standard InChI is InChI=1S/C31H36N2O/c34-30-20-24-33(25-26(30)19-23-32-21-11-4-12-22-32)31(27-13-5-1-6-14-27,28-15-7-2-8-16-28)29-17-9-3-10-18-29/h1-3,5-10,13-19,30,34H,4,11-12,20-25H2/b26-19-. The van der Waals surface area contributed by atoms with Crippen LogP contribution in [0.1, 0.15) is 42.4 Å². The average molecular weight is 453 g/mol. The number of piperidine rings is 2. The van der Waals surface area contributed by atoms with Crippen molar-refractivity contribution in [3.63, 3.8) is 0 Å². The molecule has 2 fully saturated rings. The van der Waals surface area contributed by atoms with Crippen LogP contribution in [0.2, 0.25) is 0 Å². The Hall–Kier alpha value is -2.72. The first kappa shape index (κ1) is 23.0. The van der Waals surface area contributed by atoms with Gasteiger partial charge in [-0.2, -0.15) is 0 Å². The van der Waals surface area contributed by atoms with Crippen molar-refractivity contribution in [1.82, 2.24) is 9.80 Å². The van der Waals surface area contributed by atoms with Gasteiger partial charge in [0.2, 0.25) is 0 Å². The van der Waals surface area contributed by atoms with Crippen molar-refractivity contribution in [2.75, 3.05) is 32.7 Å². The van der Waals surface area contributed by atoms with Gasteiger partial charge < -0.3 is 5.11 Å². The molecular formula is C31H36N2O. The summed E-state index contributed by atoms with van der Waals surface area (Å²) in [4.78, 5) is 5.11. The molecule has 3 nitrogen and oxygen atoms in total. The van der Waals surface area contributed by atoms with E-state index in [0.717, 1.165) is 31.6 Å². The lowest BCUT2D eigenvalue weighted by Gasteiger charge is -2.48. The number of hydrogen-bond donors (Lipinski definition) is 1. The van der Waals surface area contributed by atoms with Crippen molar-refractivity contribution in [2.24, 2.45) is 0 Å². The second-order valence-corrected chi connectivity index (χ2v) is 9.67. The van der Waals surface area contributed by atoms with Crippen LogP contribution in [0, 0.1) is 0 Å². The van der Waals surface area contributed by atoms with E-state index in [1.165, 1.54) is 49.0 Å². The highest BCUT2D eigenvalue weighted by molar-refractivity contribution is 5.50. The van der Waals surface area contributed by atoms with Crippen LogP contribution in [0.4, 0.5) is 0 Å². The largest absolute Gasteiger partial charge is 0.389 e. The summed E-state index contributed by atoms with van der Waals surface area (Å²) in [6.07, 6.45) is 6.63. The molecule has 3 aromatic rings. The Labute approximate surface area is 204 Å². The van der Waals surface area contributed by atoms with Crippen molar-refractivity contribution in [3.05, 3.63) is 119 Å². The molecule has 0 radical (unpaired) electrons. The van der Waals surface area contributed by atoms with E-state index < -0.39 is 5.54 Å². The van der Waals surface area contributed by atoms with E-state index in [-0.39, 0.29) is 6.10 Å². The summed E-state index contributed by atoms with van der Waals surface area (Å²) in [5.74, 6) is 0. The highest BCUT2D eigenvalue weighted by Gasteiger charge is 2.44. The highest BCUT2D eigenvalue weighted by atomic mass is 16.3. The molecule has 0 aromatic heterocycles. The maximum absolute atomic E-state index is 11.0. The van der Waals surface area contributed by atoms with Crippen LogP contribution < -0.4 is 0 Å². The predicted molar refractivity (Wildman–Crippen MR) is 140 cm³/mol. The average Bonchev–Trinajstić information content (AvgIpc) is 2.92. The fourth-order valence-electron chi connectivity index (χ4n) is 5.83. The Morgan fingerprint density at radius 3 is 1.71 bits per heavy atom. The number of rotatable bonds is 6. The van der Waals surface area contributed by atoms with Crippen molar-refractivity contribution in [2.45, 2.75) is 37.3 Å². The highest BCUT2D eigenvalue weighted by Crippen LogP contribution is 2.44. The SMILES string of the molecule is OC1CCN(C(c2ccccc2)(c2ccccc2)c2ccccc2)C/C1=C/CN1CCCCC1. The molecule has 3 heteroatoms. The lowest BCUT2D eigenvalue weighted by atomic mass is 9.74. The van der Waals surface area contributed by atoms with Crippen molar-refractivity contribution < 1.29 is 5.11 Å². The first-order chi connectivity index (χ1) is 16.8. The minimum atomic E-state index is -0.422. The van der Waals surface area contributed by atoms with E-state index in [4.69, 9.17) is 0 Å². The molecule has 0 saturated carbocycles. The van der Waals surface area contributed by atoms with Gasteiger partial charge in [-0.15, -0.1) is 0 Å². The van der Waals surface area contributed by atoms with Gasteiger partial charge >= 0.3 is 0 Å². The number of nitrogens with zero attached hydrogens (tertiary/aromatic N) is 2. The molecule has 0 spiro atoms. The molecule has 2 aliphatic rings. The Kier molecular flexibility index (Phi) is 7.24. The van der Waals surface area contributed by atoms with Crippen LogP contribution in [0.3, 0.4) is 0 Å². The molecule has 34 heavy (non-hydrogen) atoms. The van der Waals surface area contributed by atoms with E-state index in [1.54, 1.807) is 0 Å². The van der Waals surface area contributed by atoms with E-state index in [1.807, 2.05) is 0 Å². The Bertz CT molecular complexity index is 962. The third-order valence-corrected chi connectivity index (χ3v) is 7.58. The second-order valence-electron chi connectivity index (χ2n) is 9.67. The van der Waals surface area contributed by atoms with Gasteiger partial charge in [0.25, 0.3) is 0 Å². The number of aliphatic hydroxyl groups excluding tert-OH is 1. The lowest BCUT2D eigenvalue weighted by molar-refractivity contribution is 0.0853. The van der Waals surface area contributed by atoms with Gasteiger partial charge in [0, 0.05) is 19.6 Å². The molecule has 0 aliphatic carbocycles. The molecule has 3 aromatic carbocycles. The lowest BCUT2D eigenvalue weighted by Crippen LogP contribution is -2.53. The van der Waals surface area contributed by atoms with Crippen LogP contribution in [0.25, 0.3) is 0 Å². The zero-order valence-electron chi connectivity index (χ0n) is 20.0. The summed E-state index contributed by atoms with van der Waals surface area (Å²) in [5, 5.41) is 11.0. The number of benzene rings is 3. The van der Waals surface area contributed by atoms with Crippen LogP contribution in [0.5, 0.6) is 0 Å². The van der Waals surface area contributed by atoms with Gasteiger partial charge in [0.15, 0.2) is 0 Å². The molecule has 0 bridgehead atoms. The van der Waals surface area contributed by atoms with Crippen LogP contribution in [-0.2, 0) is 5.54 Å². The fourth-order valence-corrected chi connectivity index (χ4v) is 5.83. The molecular weight excluding hydrogens is 416 g/mol. The van der Waals surface area contributed by atoms with Crippen molar-refractivity contribution in [3.8, 4) is 0 Å². The third-order valence-electron chi connectivity index (χ3n) is 7.58. The molecule has 2 heterocycles. The molecule has 5 rings (SSSR count). The smallest absolute Gasteiger partial charge is 0.0975 e. The Morgan fingerprint density at radius 1 is 0.706 bits per heavy atom. The minimum Gasteiger partial charge on any atom is -0.389 e. The number of likely N-dealkylation sites (tertiary alicyclic amines) is 2. The maximum Gasteiger partial charge on any atom is 0.0975 e. The normalized spacial score (nSPS) is 21.6. The zero-order chi connectivity index (χ0) is 23.2. The predicted octanol–water partition coefficient (Wildman–Crippen LogP) is 5.46. The quantitative estimate of drug-likeness (QED) is 0.398. The van der Waals surface area contributed by atoms with Crippen LogP contribution in [0.15, 0.2) is 103 Å². The summed E-state index contributed by atoms with van der Waals surface area (Å²) in [6.45, 7) is 4.88. The Morgan fingerprint density at radius 2 is 1.21 bits per heavy atom. The topological polar surface area (TPSA) is 26.7 Å². The Balaban J connectivity index is 1.59. The fraction of sp³-hybridized carbons (Fsp3) is 0.355. The van der Waals surface area contributed by atoms with Gasteiger partial charge in [0.1, 0.15) is 0 Å². The monoisotopic (exact) mass is 452 g/mol. The van der Waals surface area contributed by atoms with Gasteiger partial charge in [-0.25, -0.2) is 0 Å².